The van der Waals surface area contributed by atoms with E-state index in [1.807, 2.05) is 35.2 Å². The van der Waals surface area contributed by atoms with E-state index in [0.717, 1.165) is 5.69 Å². The molecule has 210 valence electrons. The molecule has 2 aromatic heterocycles. The molecule has 0 unspecified atom stereocenters. The van der Waals surface area contributed by atoms with Gasteiger partial charge in [-0.25, -0.2) is 0 Å². The predicted octanol–water partition coefficient (Wildman–Crippen LogP) is 5.79. The summed E-state index contributed by atoms with van der Waals surface area (Å²) in [4.78, 5) is 29.3. The molecule has 0 saturated carbocycles. The molecule has 0 bridgehead atoms. The van der Waals surface area contributed by atoms with Gasteiger partial charge in [0.1, 0.15) is 29.1 Å². The summed E-state index contributed by atoms with van der Waals surface area (Å²) in [7, 11) is 2.98. The summed E-state index contributed by atoms with van der Waals surface area (Å²) in [6.07, 6.45) is 2.04. The van der Waals surface area contributed by atoms with Crippen molar-refractivity contribution < 1.29 is 23.6 Å². The van der Waals surface area contributed by atoms with E-state index in [4.69, 9.17) is 26.1 Å². The van der Waals surface area contributed by atoms with E-state index < -0.39 is 11.0 Å². The Morgan fingerprint density at radius 2 is 1.93 bits per heavy atom. The quantitative estimate of drug-likeness (QED) is 0.144. The molecule has 2 atom stereocenters. The van der Waals surface area contributed by atoms with Crippen molar-refractivity contribution in [2.24, 2.45) is 0 Å². The number of aromatic nitrogens is 1. The lowest BCUT2D eigenvalue weighted by Gasteiger charge is -2.27. The van der Waals surface area contributed by atoms with Gasteiger partial charge in [-0.05, 0) is 54.7 Å². The van der Waals surface area contributed by atoms with Gasteiger partial charge in [0.2, 0.25) is 5.91 Å². The van der Waals surface area contributed by atoms with Crippen LogP contribution in [0, 0.1) is 10.1 Å². The SMILES string of the molecule is CCC(=O)Nc1ccc(N2C(=S)N[C@H](c3ccccn3)[C@@H]2c2ccc(-c3ccc([N+](=O)[O-])cc3OC)o2)cc1OC. The topological polar surface area (TPSA) is 132 Å². The molecule has 1 amide bonds. The fourth-order valence-corrected chi connectivity index (χ4v) is 5.09. The minimum atomic E-state index is -0.479. The molecule has 1 aliphatic rings. The average molecular weight is 574 g/mol. The van der Waals surface area contributed by atoms with Crippen molar-refractivity contribution >= 4 is 40.3 Å². The molecule has 1 fully saturated rings. The van der Waals surface area contributed by atoms with Crippen LogP contribution in [-0.4, -0.2) is 35.1 Å². The summed E-state index contributed by atoms with van der Waals surface area (Å²) in [5.41, 5.74) is 2.49. The first-order valence-electron chi connectivity index (χ1n) is 12.8. The number of pyridine rings is 1. The number of carbonyl (C=O) groups is 1. The van der Waals surface area contributed by atoms with Crippen LogP contribution in [0.5, 0.6) is 11.5 Å². The third kappa shape index (κ3) is 5.41. The number of hydrogen-bond donors (Lipinski definition) is 2. The van der Waals surface area contributed by atoms with E-state index in [1.54, 1.807) is 37.4 Å². The van der Waals surface area contributed by atoms with Crippen molar-refractivity contribution in [2.45, 2.75) is 25.4 Å². The van der Waals surface area contributed by atoms with Crippen molar-refractivity contribution in [1.29, 1.82) is 0 Å². The Hall–Kier alpha value is -4.97. The first-order valence-corrected chi connectivity index (χ1v) is 13.2. The number of anilines is 2. The standard InChI is InChI=1S/C29H27N5O6S/c1-4-26(35)31-20-11-9-17(15-25(20)39-3)33-28(27(32-29(33)41)21-7-5-6-14-30-21)23-13-12-22(40-23)19-10-8-18(34(36)37)16-24(19)38-2/h5-16,27-28H,4H2,1-3H3,(H,31,35)(H,32,41)/t27-,28+/m1/s1. The first kappa shape index (κ1) is 27.6. The average Bonchev–Trinajstić information content (AvgIpc) is 3.61. The van der Waals surface area contributed by atoms with Crippen LogP contribution in [0.25, 0.3) is 11.3 Å². The smallest absolute Gasteiger partial charge is 0.273 e. The molecular weight excluding hydrogens is 546 g/mol. The third-order valence-corrected chi connectivity index (χ3v) is 7.05. The number of methoxy groups -OCH3 is 2. The van der Waals surface area contributed by atoms with E-state index in [1.165, 1.54) is 26.4 Å². The van der Waals surface area contributed by atoms with Crippen LogP contribution in [0.2, 0.25) is 0 Å². The second-order valence-electron chi connectivity index (χ2n) is 9.13. The molecule has 1 saturated heterocycles. The number of nitrogens with one attached hydrogen (secondary N) is 2. The van der Waals surface area contributed by atoms with Gasteiger partial charge in [-0.15, -0.1) is 0 Å². The zero-order chi connectivity index (χ0) is 29.1. The van der Waals surface area contributed by atoms with Gasteiger partial charge in [0.25, 0.3) is 5.69 Å². The fraction of sp³-hybridized carbons (Fsp3) is 0.207. The van der Waals surface area contributed by atoms with Crippen molar-refractivity contribution in [1.82, 2.24) is 10.3 Å². The number of amides is 1. The Morgan fingerprint density at radius 3 is 2.61 bits per heavy atom. The predicted molar refractivity (Wildman–Crippen MR) is 157 cm³/mol. The Labute approximate surface area is 241 Å². The molecule has 2 N–H and O–H groups in total. The number of hydrogen-bond acceptors (Lipinski definition) is 8. The minimum absolute atomic E-state index is 0.0865. The van der Waals surface area contributed by atoms with Gasteiger partial charge in [-0.2, -0.15) is 0 Å². The first-order chi connectivity index (χ1) is 19.8. The van der Waals surface area contributed by atoms with Gasteiger partial charge in [0, 0.05) is 30.4 Å². The van der Waals surface area contributed by atoms with E-state index >= 15 is 0 Å². The molecule has 5 rings (SSSR count). The Kier molecular flexibility index (Phi) is 7.83. The second kappa shape index (κ2) is 11.6. The molecule has 0 radical (unpaired) electrons. The Morgan fingerprint density at radius 1 is 1.12 bits per heavy atom. The molecule has 1 aliphatic heterocycles. The lowest BCUT2D eigenvalue weighted by atomic mass is 10.0. The number of furan rings is 1. The normalized spacial score (nSPS) is 16.3. The Balaban J connectivity index is 1.58. The van der Waals surface area contributed by atoms with Gasteiger partial charge in [0.15, 0.2) is 5.11 Å². The van der Waals surface area contributed by atoms with Crippen molar-refractivity contribution in [2.75, 3.05) is 24.4 Å². The summed E-state index contributed by atoms with van der Waals surface area (Å²) in [5.74, 6) is 1.70. The van der Waals surface area contributed by atoms with Crippen molar-refractivity contribution in [3.05, 3.63) is 94.5 Å². The minimum Gasteiger partial charge on any atom is -0.496 e. The van der Waals surface area contributed by atoms with Crippen LogP contribution in [0.15, 0.2) is 77.3 Å². The highest BCUT2D eigenvalue weighted by molar-refractivity contribution is 7.80. The molecule has 11 nitrogen and oxygen atoms in total. The number of nitrogens with zero attached hydrogens (tertiary/aromatic N) is 3. The molecule has 3 heterocycles. The Bertz CT molecular complexity index is 1610. The highest BCUT2D eigenvalue weighted by Crippen LogP contribution is 2.45. The number of ether oxygens (including phenoxy) is 2. The highest BCUT2D eigenvalue weighted by Gasteiger charge is 2.43. The van der Waals surface area contributed by atoms with Crippen LogP contribution >= 0.6 is 12.2 Å². The van der Waals surface area contributed by atoms with Crippen LogP contribution in [0.4, 0.5) is 17.1 Å². The van der Waals surface area contributed by atoms with Crippen LogP contribution in [0.3, 0.4) is 0 Å². The number of benzene rings is 2. The maximum Gasteiger partial charge on any atom is 0.273 e. The van der Waals surface area contributed by atoms with Gasteiger partial charge in [-0.3, -0.25) is 19.9 Å². The highest BCUT2D eigenvalue weighted by atomic mass is 32.1. The van der Waals surface area contributed by atoms with E-state index in [9.17, 15) is 14.9 Å². The summed E-state index contributed by atoms with van der Waals surface area (Å²) in [5, 5.41) is 17.9. The monoisotopic (exact) mass is 573 g/mol. The number of non-ortho nitro benzene ring substituents is 1. The number of thiocarbonyl (C=S) groups is 1. The third-order valence-electron chi connectivity index (χ3n) is 6.74. The van der Waals surface area contributed by atoms with Gasteiger partial charge < -0.3 is 29.4 Å². The van der Waals surface area contributed by atoms with Gasteiger partial charge in [0.05, 0.1) is 48.2 Å². The van der Waals surface area contributed by atoms with E-state index in [0.29, 0.717) is 51.5 Å². The number of carbonyl (C=O) groups excluding carboxylic acids is 1. The van der Waals surface area contributed by atoms with E-state index in [2.05, 4.69) is 15.6 Å². The maximum atomic E-state index is 12.0. The molecule has 4 aromatic rings. The molecule has 2 aromatic carbocycles. The number of rotatable bonds is 9. The zero-order valence-corrected chi connectivity index (χ0v) is 23.3. The van der Waals surface area contributed by atoms with Gasteiger partial charge in [-0.1, -0.05) is 13.0 Å². The summed E-state index contributed by atoms with van der Waals surface area (Å²) in [6, 6.07) is 18.2. The second-order valence-corrected chi connectivity index (χ2v) is 9.51. The van der Waals surface area contributed by atoms with E-state index in [-0.39, 0.29) is 17.6 Å². The summed E-state index contributed by atoms with van der Waals surface area (Å²) >= 11 is 5.81. The largest absolute Gasteiger partial charge is 0.496 e. The molecular formula is C29H27N5O6S. The molecule has 0 aliphatic carbocycles. The van der Waals surface area contributed by atoms with Crippen molar-refractivity contribution in [3.8, 4) is 22.8 Å². The van der Waals surface area contributed by atoms with Crippen LogP contribution in [0.1, 0.15) is 36.9 Å². The summed E-state index contributed by atoms with van der Waals surface area (Å²) in [6.45, 7) is 1.77. The summed E-state index contributed by atoms with van der Waals surface area (Å²) < 4.78 is 17.4. The van der Waals surface area contributed by atoms with Crippen LogP contribution < -0.4 is 25.0 Å². The molecule has 12 heteroatoms. The zero-order valence-electron chi connectivity index (χ0n) is 22.5. The molecule has 41 heavy (non-hydrogen) atoms. The molecule has 0 spiro atoms. The lowest BCUT2D eigenvalue weighted by Crippen LogP contribution is -2.29. The number of nitro groups is 1. The fourth-order valence-electron chi connectivity index (χ4n) is 4.75. The van der Waals surface area contributed by atoms with Gasteiger partial charge >= 0.3 is 0 Å². The van der Waals surface area contributed by atoms with Crippen molar-refractivity contribution in [3.63, 3.8) is 0 Å². The lowest BCUT2D eigenvalue weighted by molar-refractivity contribution is -0.384. The maximum absolute atomic E-state index is 12.0. The number of nitro benzene ring substituents is 1. The van der Waals surface area contributed by atoms with Crippen LogP contribution in [-0.2, 0) is 4.79 Å².